The molecule has 2 aliphatic rings. The number of likely N-dealkylation sites (N-methyl/N-ethyl adjacent to an activating group) is 1. The topological polar surface area (TPSA) is 50.2 Å². The standard InChI is InChI=1S/C18H24N4O/c1-21-9-10-22-16-8-7-13(11-15(16)20-17(22)12-21)18(23)19-14-5-3-2-4-6-14/h7-8,11,14H,2-6,9-10,12H2,1H3,(H,19,23). The summed E-state index contributed by atoms with van der Waals surface area (Å²) in [5, 5.41) is 3.19. The van der Waals surface area contributed by atoms with Crippen molar-refractivity contribution in [2.24, 2.45) is 0 Å². The van der Waals surface area contributed by atoms with Crippen LogP contribution < -0.4 is 5.32 Å². The zero-order valence-electron chi connectivity index (χ0n) is 13.7. The van der Waals surface area contributed by atoms with E-state index in [0.29, 0.717) is 6.04 Å². The number of amides is 1. The number of hydrogen-bond acceptors (Lipinski definition) is 3. The summed E-state index contributed by atoms with van der Waals surface area (Å²) in [6.45, 7) is 2.89. The molecule has 1 N–H and O–H groups in total. The molecule has 0 saturated heterocycles. The Balaban J connectivity index is 1.57. The first kappa shape index (κ1) is 14.7. The van der Waals surface area contributed by atoms with Crippen LogP contribution in [-0.2, 0) is 13.1 Å². The monoisotopic (exact) mass is 312 g/mol. The Labute approximate surface area is 136 Å². The number of rotatable bonds is 2. The molecule has 5 nitrogen and oxygen atoms in total. The molecule has 5 heteroatoms. The molecule has 1 fully saturated rings. The minimum absolute atomic E-state index is 0.0434. The fourth-order valence-electron chi connectivity index (χ4n) is 3.80. The Morgan fingerprint density at radius 3 is 2.87 bits per heavy atom. The van der Waals surface area contributed by atoms with Crippen LogP contribution in [0, 0.1) is 0 Å². The molecule has 4 rings (SSSR count). The molecule has 1 aliphatic heterocycles. The molecule has 2 heterocycles. The van der Waals surface area contributed by atoms with Gasteiger partial charge in [-0.05, 0) is 38.1 Å². The maximum atomic E-state index is 12.5. The molecule has 1 aromatic heterocycles. The Morgan fingerprint density at radius 1 is 1.22 bits per heavy atom. The summed E-state index contributed by atoms with van der Waals surface area (Å²) < 4.78 is 2.28. The van der Waals surface area contributed by atoms with Crippen molar-refractivity contribution in [1.82, 2.24) is 19.8 Å². The maximum Gasteiger partial charge on any atom is 0.251 e. The van der Waals surface area contributed by atoms with Gasteiger partial charge < -0.3 is 9.88 Å². The van der Waals surface area contributed by atoms with Crippen molar-refractivity contribution in [2.45, 2.75) is 51.2 Å². The van der Waals surface area contributed by atoms with Crippen LogP contribution >= 0.6 is 0 Å². The average molecular weight is 312 g/mol. The fraction of sp³-hybridized carbons (Fsp3) is 0.556. The average Bonchev–Trinajstić information content (AvgIpc) is 2.92. The van der Waals surface area contributed by atoms with Crippen LogP contribution in [-0.4, -0.2) is 40.0 Å². The number of benzene rings is 1. The normalized spacial score (nSPS) is 19.7. The van der Waals surface area contributed by atoms with Crippen molar-refractivity contribution in [1.29, 1.82) is 0 Å². The lowest BCUT2D eigenvalue weighted by molar-refractivity contribution is 0.0928. The van der Waals surface area contributed by atoms with Gasteiger partial charge in [0.1, 0.15) is 5.82 Å². The predicted molar refractivity (Wildman–Crippen MR) is 90.4 cm³/mol. The molecule has 0 spiro atoms. The lowest BCUT2D eigenvalue weighted by atomic mass is 9.95. The van der Waals surface area contributed by atoms with E-state index in [1.54, 1.807) is 0 Å². The molecule has 2 aromatic rings. The van der Waals surface area contributed by atoms with E-state index < -0.39 is 0 Å². The smallest absolute Gasteiger partial charge is 0.251 e. The number of hydrogen-bond donors (Lipinski definition) is 1. The van der Waals surface area contributed by atoms with Crippen molar-refractivity contribution < 1.29 is 4.79 Å². The number of fused-ring (bicyclic) bond motifs is 3. The van der Waals surface area contributed by atoms with E-state index >= 15 is 0 Å². The van der Waals surface area contributed by atoms with E-state index in [2.05, 4.69) is 21.8 Å². The van der Waals surface area contributed by atoms with Gasteiger partial charge in [-0.25, -0.2) is 4.98 Å². The maximum absolute atomic E-state index is 12.5. The quantitative estimate of drug-likeness (QED) is 0.927. The lowest BCUT2D eigenvalue weighted by Gasteiger charge is -2.23. The summed E-state index contributed by atoms with van der Waals surface area (Å²) in [6.07, 6.45) is 5.97. The highest BCUT2D eigenvalue weighted by Gasteiger charge is 2.20. The number of imidazole rings is 1. The number of carbonyl (C=O) groups excluding carboxylic acids is 1. The fourth-order valence-corrected chi connectivity index (χ4v) is 3.80. The molecule has 1 aromatic carbocycles. The predicted octanol–water partition coefficient (Wildman–Crippen LogP) is 2.54. The minimum atomic E-state index is 0.0434. The molecule has 0 bridgehead atoms. The van der Waals surface area contributed by atoms with Crippen molar-refractivity contribution in [2.75, 3.05) is 13.6 Å². The highest BCUT2D eigenvalue weighted by Crippen LogP contribution is 2.22. The summed E-state index contributed by atoms with van der Waals surface area (Å²) >= 11 is 0. The summed E-state index contributed by atoms with van der Waals surface area (Å²) in [7, 11) is 2.12. The molecule has 0 radical (unpaired) electrons. The van der Waals surface area contributed by atoms with Crippen molar-refractivity contribution in [3.63, 3.8) is 0 Å². The Morgan fingerprint density at radius 2 is 2.04 bits per heavy atom. The van der Waals surface area contributed by atoms with Gasteiger partial charge in [0.2, 0.25) is 0 Å². The largest absolute Gasteiger partial charge is 0.349 e. The third-order valence-corrected chi connectivity index (χ3v) is 5.15. The van der Waals surface area contributed by atoms with Crippen LogP contribution in [0.4, 0.5) is 0 Å². The van der Waals surface area contributed by atoms with Crippen molar-refractivity contribution >= 4 is 16.9 Å². The summed E-state index contributed by atoms with van der Waals surface area (Å²) in [6, 6.07) is 6.27. The lowest BCUT2D eigenvalue weighted by Crippen LogP contribution is -2.36. The second kappa shape index (κ2) is 5.96. The van der Waals surface area contributed by atoms with Gasteiger partial charge in [0.05, 0.1) is 17.6 Å². The highest BCUT2D eigenvalue weighted by molar-refractivity contribution is 5.97. The molecule has 23 heavy (non-hydrogen) atoms. The molecular weight excluding hydrogens is 288 g/mol. The first-order valence-electron chi connectivity index (χ1n) is 8.69. The molecule has 0 unspecified atom stereocenters. The Bertz CT molecular complexity index is 730. The van der Waals surface area contributed by atoms with E-state index in [9.17, 15) is 4.79 Å². The molecule has 1 saturated carbocycles. The zero-order valence-corrected chi connectivity index (χ0v) is 13.7. The van der Waals surface area contributed by atoms with Crippen LogP contribution in [0.25, 0.3) is 11.0 Å². The van der Waals surface area contributed by atoms with Gasteiger partial charge in [0, 0.05) is 24.7 Å². The third kappa shape index (κ3) is 2.85. The van der Waals surface area contributed by atoms with Crippen LogP contribution in [0.5, 0.6) is 0 Å². The van der Waals surface area contributed by atoms with Crippen LogP contribution in [0.15, 0.2) is 18.2 Å². The first-order valence-corrected chi connectivity index (χ1v) is 8.69. The van der Waals surface area contributed by atoms with Gasteiger partial charge in [-0.2, -0.15) is 0 Å². The van der Waals surface area contributed by atoms with Gasteiger partial charge in [-0.3, -0.25) is 9.69 Å². The third-order valence-electron chi connectivity index (χ3n) is 5.15. The highest BCUT2D eigenvalue weighted by atomic mass is 16.1. The van der Waals surface area contributed by atoms with Gasteiger partial charge in [-0.1, -0.05) is 19.3 Å². The molecule has 122 valence electrons. The van der Waals surface area contributed by atoms with E-state index in [1.807, 2.05) is 18.2 Å². The Kier molecular flexibility index (Phi) is 3.81. The summed E-state index contributed by atoms with van der Waals surface area (Å²) in [4.78, 5) is 19.5. The van der Waals surface area contributed by atoms with E-state index in [1.165, 1.54) is 19.3 Å². The second-order valence-electron chi connectivity index (χ2n) is 6.93. The van der Waals surface area contributed by atoms with E-state index in [4.69, 9.17) is 4.98 Å². The molecule has 1 amide bonds. The number of nitrogens with one attached hydrogen (secondary N) is 1. The summed E-state index contributed by atoms with van der Waals surface area (Å²) in [5.41, 5.74) is 2.81. The van der Waals surface area contributed by atoms with Gasteiger partial charge in [-0.15, -0.1) is 0 Å². The number of carbonyl (C=O) groups is 1. The SMILES string of the molecule is CN1CCn2c(nc3cc(C(=O)NC4CCCCC4)ccc32)C1. The molecular formula is C18H24N4O. The van der Waals surface area contributed by atoms with Crippen LogP contribution in [0.1, 0.15) is 48.3 Å². The van der Waals surface area contributed by atoms with Crippen LogP contribution in [0.2, 0.25) is 0 Å². The molecule has 1 aliphatic carbocycles. The van der Waals surface area contributed by atoms with Gasteiger partial charge >= 0.3 is 0 Å². The van der Waals surface area contributed by atoms with E-state index in [-0.39, 0.29) is 5.91 Å². The molecule has 0 atom stereocenters. The first-order chi connectivity index (χ1) is 11.2. The van der Waals surface area contributed by atoms with Crippen molar-refractivity contribution in [3.05, 3.63) is 29.6 Å². The second-order valence-corrected chi connectivity index (χ2v) is 6.93. The summed E-state index contributed by atoms with van der Waals surface area (Å²) in [5.74, 6) is 1.14. The van der Waals surface area contributed by atoms with E-state index in [0.717, 1.165) is 54.9 Å². The van der Waals surface area contributed by atoms with Gasteiger partial charge in [0.25, 0.3) is 5.91 Å². The van der Waals surface area contributed by atoms with Crippen molar-refractivity contribution in [3.8, 4) is 0 Å². The van der Waals surface area contributed by atoms with Crippen LogP contribution in [0.3, 0.4) is 0 Å². The number of nitrogens with zero attached hydrogens (tertiary/aromatic N) is 3. The zero-order chi connectivity index (χ0) is 15.8. The van der Waals surface area contributed by atoms with Gasteiger partial charge in [0.15, 0.2) is 0 Å². The minimum Gasteiger partial charge on any atom is -0.349 e. The number of aromatic nitrogens is 2. The Hall–Kier alpha value is -1.88.